The zero-order valence-corrected chi connectivity index (χ0v) is 16.6. The molecule has 2 aromatic rings. The summed E-state index contributed by atoms with van der Waals surface area (Å²) in [5, 5.41) is 12.4. The van der Waals surface area contributed by atoms with Crippen molar-refractivity contribution in [1.29, 1.82) is 0 Å². The van der Waals surface area contributed by atoms with Gasteiger partial charge in [-0.1, -0.05) is 11.3 Å². The van der Waals surface area contributed by atoms with Crippen molar-refractivity contribution in [2.24, 2.45) is 11.7 Å². The number of amides is 2. The standard InChI is InChI=1S/C16H20N8O2S2/c17-15(27)23-21-13(26)6-9-1-2-10(5-9)14-22-24-16(28-14)20-12(25)7-11-3-4-18-8-19-11/h3-4,8-10H,1-2,5-7H2,(H,21,26)(H3,17,23,27)(H,20,24,25)/t9-,10?/m1/s1. The van der Waals surface area contributed by atoms with Crippen LogP contribution in [0.5, 0.6) is 0 Å². The molecule has 3 rings (SSSR count). The van der Waals surface area contributed by atoms with E-state index < -0.39 is 0 Å². The number of nitrogens with two attached hydrogens (primary N) is 1. The lowest BCUT2D eigenvalue weighted by molar-refractivity contribution is -0.122. The lowest BCUT2D eigenvalue weighted by Crippen LogP contribution is -2.44. The normalized spacial score (nSPS) is 18.4. The molecule has 2 aromatic heterocycles. The first kappa shape index (κ1) is 20.0. The Bertz CT molecular complexity index is 844. The molecule has 12 heteroatoms. The van der Waals surface area contributed by atoms with Gasteiger partial charge in [0.15, 0.2) is 5.11 Å². The van der Waals surface area contributed by atoms with E-state index in [2.05, 4.69) is 48.6 Å². The minimum absolute atomic E-state index is 0.0285. The Labute approximate surface area is 170 Å². The topological polar surface area (TPSA) is 148 Å². The summed E-state index contributed by atoms with van der Waals surface area (Å²) >= 11 is 6.02. The van der Waals surface area contributed by atoms with Crippen molar-refractivity contribution < 1.29 is 9.59 Å². The molecule has 0 bridgehead atoms. The number of hydrazine groups is 1. The van der Waals surface area contributed by atoms with Gasteiger partial charge in [-0.05, 0) is 43.5 Å². The van der Waals surface area contributed by atoms with Gasteiger partial charge in [0.05, 0.1) is 12.1 Å². The van der Waals surface area contributed by atoms with Crippen molar-refractivity contribution in [2.45, 2.75) is 38.0 Å². The van der Waals surface area contributed by atoms with E-state index in [1.807, 2.05) is 0 Å². The summed E-state index contributed by atoms with van der Waals surface area (Å²) < 4.78 is 0. The van der Waals surface area contributed by atoms with Crippen LogP contribution in [0.1, 0.15) is 42.3 Å². The molecule has 10 nitrogen and oxygen atoms in total. The predicted molar refractivity (Wildman–Crippen MR) is 107 cm³/mol. The molecule has 1 aliphatic rings. The number of hydrogen-bond donors (Lipinski definition) is 4. The molecule has 0 aromatic carbocycles. The van der Waals surface area contributed by atoms with E-state index in [-0.39, 0.29) is 35.2 Å². The van der Waals surface area contributed by atoms with E-state index in [1.54, 1.807) is 12.3 Å². The van der Waals surface area contributed by atoms with Gasteiger partial charge in [0.1, 0.15) is 11.3 Å². The molecule has 0 aliphatic heterocycles. The van der Waals surface area contributed by atoms with Crippen molar-refractivity contribution >= 4 is 45.6 Å². The SMILES string of the molecule is NC(=S)NNC(=O)C[C@@H]1CCC(c2nnc(NC(=O)Cc3ccncn3)s2)C1. The highest BCUT2D eigenvalue weighted by atomic mass is 32.1. The van der Waals surface area contributed by atoms with Crippen LogP contribution < -0.4 is 21.9 Å². The molecule has 5 N–H and O–H groups in total. The number of rotatable bonds is 6. The van der Waals surface area contributed by atoms with Crippen LogP contribution in [0.3, 0.4) is 0 Å². The number of thiocarbonyl (C=S) groups is 1. The highest BCUT2D eigenvalue weighted by Gasteiger charge is 2.30. The molecule has 0 spiro atoms. The lowest BCUT2D eigenvalue weighted by atomic mass is 10.0. The summed E-state index contributed by atoms with van der Waals surface area (Å²) in [7, 11) is 0. The molecule has 1 aliphatic carbocycles. The fraction of sp³-hybridized carbons (Fsp3) is 0.438. The Kier molecular flexibility index (Phi) is 6.76. The van der Waals surface area contributed by atoms with E-state index in [0.717, 1.165) is 24.3 Å². The van der Waals surface area contributed by atoms with Crippen molar-refractivity contribution in [3.63, 3.8) is 0 Å². The number of hydrogen-bond acceptors (Lipinski definition) is 8. The van der Waals surface area contributed by atoms with Crippen molar-refractivity contribution in [3.05, 3.63) is 29.3 Å². The number of anilines is 1. The van der Waals surface area contributed by atoms with Gasteiger partial charge >= 0.3 is 0 Å². The molecule has 148 valence electrons. The monoisotopic (exact) mass is 420 g/mol. The van der Waals surface area contributed by atoms with E-state index in [1.165, 1.54) is 17.7 Å². The maximum absolute atomic E-state index is 12.1. The van der Waals surface area contributed by atoms with Crippen LogP contribution >= 0.6 is 23.6 Å². The Morgan fingerprint density at radius 2 is 2.11 bits per heavy atom. The number of aromatic nitrogens is 4. The summed E-state index contributed by atoms with van der Waals surface area (Å²) in [6.07, 6.45) is 6.26. The van der Waals surface area contributed by atoms with Crippen molar-refractivity contribution in [3.8, 4) is 0 Å². The van der Waals surface area contributed by atoms with Crippen LogP contribution in [0, 0.1) is 5.92 Å². The second kappa shape index (κ2) is 9.46. The summed E-state index contributed by atoms with van der Waals surface area (Å²) in [5.74, 6) is 0.158. The second-order valence-corrected chi connectivity index (χ2v) is 7.94. The maximum Gasteiger partial charge on any atom is 0.238 e. The second-order valence-electron chi connectivity index (χ2n) is 6.49. The van der Waals surface area contributed by atoms with Crippen LogP contribution in [-0.4, -0.2) is 37.1 Å². The van der Waals surface area contributed by atoms with Crippen LogP contribution in [0.4, 0.5) is 5.13 Å². The summed E-state index contributed by atoms with van der Waals surface area (Å²) in [5.41, 5.74) is 10.8. The maximum atomic E-state index is 12.1. The third-order valence-corrected chi connectivity index (χ3v) is 5.46. The summed E-state index contributed by atoms with van der Waals surface area (Å²) in [4.78, 5) is 31.8. The number of nitrogens with one attached hydrogen (secondary N) is 3. The third-order valence-electron chi connectivity index (χ3n) is 4.36. The van der Waals surface area contributed by atoms with Gasteiger partial charge in [0.25, 0.3) is 0 Å². The zero-order chi connectivity index (χ0) is 19.9. The van der Waals surface area contributed by atoms with E-state index in [0.29, 0.717) is 17.2 Å². The summed E-state index contributed by atoms with van der Waals surface area (Å²) in [6, 6.07) is 1.69. The third kappa shape index (κ3) is 5.89. The minimum atomic E-state index is -0.201. The molecule has 2 amide bonds. The van der Waals surface area contributed by atoms with Gasteiger partial charge in [0, 0.05) is 18.5 Å². The van der Waals surface area contributed by atoms with E-state index >= 15 is 0 Å². The first-order chi connectivity index (χ1) is 13.5. The van der Waals surface area contributed by atoms with Gasteiger partial charge in [-0.25, -0.2) is 9.97 Å². The van der Waals surface area contributed by atoms with E-state index in [9.17, 15) is 9.59 Å². The quantitative estimate of drug-likeness (QED) is 0.390. The number of carbonyl (C=O) groups excluding carboxylic acids is 2. The van der Waals surface area contributed by atoms with Crippen molar-refractivity contribution in [2.75, 3.05) is 5.32 Å². The smallest absolute Gasteiger partial charge is 0.238 e. The molecule has 2 atom stereocenters. The van der Waals surface area contributed by atoms with Crippen LogP contribution in [0.2, 0.25) is 0 Å². The van der Waals surface area contributed by atoms with E-state index in [4.69, 9.17) is 5.73 Å². The fourth-order valence-electron chi connectivity index (χ4n) is 3.13. The largest absolute Gasteiger partial charge is 0.375 e. The Hall–Kier alpha value is -2.73. The predicted octanol–water partition coefficient (Wildman–Crippen LogP) is 0.647. The average Bonchev–Trinajstić information content (AvgIpc) is 3.30. The molecule has 1 fully saturated rings. The Morgan fingerprint density at radius 3 is 2.86 bits per heavy atom. The zero-order valence-electron chi connectivity index (χ0n) is 14.9. The van der Waals surface area contributed by atoms with Crippen molar-refractivity contribution in [1.82, 2.24) is 31.0 Å². The van der Waals surface area contributed by atoms with Gasteiger partial charge in [-0.15, -0.1) is 10.2 Å². The van der Waals surface area contributed by atoms with Crippen LogP contribution in [0.15, 0.2) is 18.6 Å². The number of carbonyl (C=O) groups is 2. The Balaban J connectivity index is 1.47. The molecule has 0 saturated heterocycles. The first-order valence-electron chi connectivity index (χ1n) is 8.72. The van der Waals surface area contributed by atoms with Gasteiger partial charge in [-0.2, -0.15) is 0 Å². The Morgan fingerprint density at radius 1 is 1.25 bits per heavy atom. The molecule has 2 heterocycles. The minimum Gasteiger partial charge on any atom is -0.375 e. The van der Waals surface area contributed by atoms with Gasteiger partial charge in [-0.3, -0.25) is 20.4 Å². The molecule has 0 radical (unpaired) electrons. The van der Waals surface area contributed by atoms with Crippen LogP contribution in [-0.2, 0) is 16.0 Å². The lowest BCUT2D eigenvalue weighted by Gasteiger charge is -2.10. The molecule has 28 heavy (non-hydrogen) atoms. The average molecular weight is 421 g/mol. The highest BCUT2D eigenvalue weighted by Crippen LogP contribution is 2.41. The molecule has 1 unspecified atom stereocenters. The molecular weight excluding hydrogens is 400 g/mol. The fourth-order valence-corrected chi connectivity index (χ4v) is 4.09. The van der Waals surface area contributed by atoms with Gasteiger partial charge in [0.2, 0.25) is 16.9 Å². The van der Waals surface area contributed by atoms with Gasteiger partial charge < -0.3 is 11.1 Å². The summed E-state index contributed by atoms with van der Waals surface area (Å²) in [6.45, 7) is 0. The number of nitrogens with zero attached hydrogens (tertiary/aromatic N) is 4. The van der Waals surface area contributed by atoms with Crippen LogP contribution in [0.25, 0.3) is 0 Å². The highest BCUT2D eigenvalue weighted by molar-refractivity contribution is 7.80. The molecule has 1 saturated carbocycles. The first-order valence-corrected chi connectivity index (χ1v) is 9.94. The molecular formula is C16H20N8O2S2.